The lowest BCUT2D eigenvalue weighted by atomic mass is 9.84. The second kappa shape index (κ2) is 4.28. The molecule has 0 unspecified atom stereocenters. The van der Waals surface area contributed by atoms with E-state index in [1.54, 1.807) is 0 Å². The molecule has 1 heterocycles. The summed E-state index contributed by atoms with van der Waals surface area (Å²) in [5.41, 5.74) is 1.56. The van der Waals surface area contributed by atoms with Crippen molar-refractivity contribution in [1.29, 1.82) is 0 Å². The van der Waals surface area contributed by atoms with E-state index in [0.717, 1.165) is 18.8 Å². The fourth-order valence-corrected chi connectivity index (χ4v) is 2.07. The molecule has 4 heteroatoms. The molecule has 0 atom stereocenters. The van der Waals surface area contributed by atoms with Gasteiger partial charge in [-0.2, -0.15) is 0 Å². The number of hydrogen-bond donors (Lipinski definition) is 1. The van der Waals surface area contributed by atoms with Crippen molar-refractivity contribution in [2.45, 2.75) is 13.8 Å². The molecule has 92 valence electrons. The first-order valence-electron chi connectivity index (χ1n) is 5.66. The minimum atomic E-state index is -0.960. The van der Waals surface area contributed by atoms with Crippen molar-refractivity contribution in [3.8, 4) is 5.75 Å². The van der Waals surface area contributed by atoms with Gasteiger partial charge in [0.2, 0.25) is 0 Å². The minimum absolute atomic E-state index is 0.296. The van der Waals surface area contributed by atoms with Crippen LogP contribution in [0.3, 0.4) is 0 Å². The molecule has 1 saturated heterocycles. The molecule has 4 nitrogen and oxygen atoms in total. The molecule has 1 fully saturated rings. The summed E-state index contributed by atoms with van der Waals surface area (Å²) in [6.07, 6.45) is 0. The Morgan fingerprint density at radius 2 is 1.94 bits per heavy atom. The highest BCUT2D eigenvalue weighted by atomic mass is 16.5. The zero-order valence-corrected chi connectivity index (χ0v) is 10.1. The molecular formula is C13H17NO3. The van der Waals surface area contributed by atoms with Gasteiger partial charge in [-0.25, -0.2) is 4.79 Å². The number of ether oxygens (including phenoxy) is 1. The highest BCUT2D eigenvalue weighted by Crippen LogP contribution is 2.33. The molecule has 0 amide bonds. The number of carboxylic acid groups (broad SMARTS) is 1. The van der Waals surface area contributed by atoms with Gasteiger partial charge in [0.15, 0.2) is 6.61 Å². The van der Waals surface area contributed by atoms with E-state index in [4.69, 9.17) is 9.84 Å². The van der Waals surface area contributed by atoms with Crippen LogP contribution in [-0.2, 0) is 4.79 Å². The van der Waals surface area contributed by atoms with Crippen LogP contribution in [0.25, 0.3) is 0 Å². The van der Waals surface area contributed by atoms with Crippen molar-refractivity contribution >= 4 is 11.7 Å². The number of benzene rings is 1. The molecule has 0 bridgehead atoms. The van der Waals surface area contributed by atoms with Gasteiger partial charge >= 0.3 is 5.97 Å². The maximum Gasteiger partial charge on any atom is 0.341 e. The van der Waals surface area contributed by atoms with Crippen molar-refractivity contribution in [2.24, 2.45) is 5.41 Å². The van der Waals surface area contributed by atoms with E-state index in [1.807, 2.05) is 24.3 Å². The first-order valence-corrected chi connectivity index (χ1v) is 5.66. The minimum Gasteiger partial charge on any atom is -0.482 e. The van der Waals surface area contributed by atoms with Crippen LogP contribution < -0.4 is 9.64 Å². The van der Waals surface area contributed by atoms with Crippen LogP contribution in [0, 0.1) is 5.41 Å². The summed E-state index contributed by atoms with van der Waals surface area (Å²) in [4.78, 5) is 12.6. The smallest absolute Gasteiger partial charge is 0.341 e. The predicted molar refractivity (Wildman–Crippen MR) is 65.6 cm³/mol. The molecule has 0 aromatic heterocycles. The van der Waals surface area contributed by atoms with Crippen LogP contribution in [0.5, 0.6) is 5.75 Å². The molecule has 0 saturated carbocycles. The zero-order chi connectivity index (χ0) is 12.5. The SMILES string of the molecule is CC1(C)CN(c2ccc(OCC(=O)O)cc2)C1. The Bertz CT molecular complexity index is 403. The Hall–Kier alpha value is -1.71. The van der Waals surface area contributed by atoms with Crippen LogP contribution in [0.1, 0.15) is 13.8 Å². The van der Waals surface area contributed by atoms with Gasteiger partial charge in [0.1, 0.15) is 5.75 Å². The Morgan fingerprint density at radius 3 is 2.41 bits per heavy atom. The summed E-state index contributed by atoms with van der Waals surface area (Å²) in [5, 5.41) is 8.49. The maximum atomic E-state index is 10.3. The number of nitrogens with zero attached hydrogens (tertiary/aromatic N) is 1. The molecular weight excluding hydrogens is 218 g/mol. The number of carboxylic acids is 1. The average Bonchev–Trinajstić information content (AvgIpc) is 2.24. The van der Waals surface area contributed by atoms with E-state index in [1.165, 1.54) is 0 Å². The Morgan fingerprint density at radius 1 is 1.35 bits per heavy atom. The highest BCUT2D eigenvalue weighted by molar-refractivity contribution is 5.68. The highest BCUT2D eigenvalue weighted by Gasteiger charge is 2.33. The summed E-state index contributed by atoms with van der Waals surface area (Å²) in [7, 11) is 0. The second-order valence-electron chi connectivity index (χ2n) is 5.20. The summed E-state index contributed by atoms with van der Waals surface area (Å²) in [6, 6.07) is 7.55. The second-order valence-corrected chi connectivity index (χ2v) is 5.20. The van der Waals surface area contributed by atoms with Gasteiger partial charge in [0.25, 0.3) is 0 Å². The van der Waals surface area contributed by atoms with Crippen molar-refractivity contribution in [3.05, 3.63) is 24.3 Å². The van der Waals surface area contributed by atoms with Gasteiger partial charge in [-0.3, -0.25) is 0 Å². The molecule has 1 N–H and O–H groups in total. The Labute approximate surface area is 101 Å². The molecule has 17 heavy (non-hydrogen) atoms. The number of hydrogen-bond acceptors (Lipinski definition) is 3. The van der Waals surface area contributed by atoms with Crippen LogP contribution in [0.2, 0.25) is 0 Å². The van der Waals surface area contributed by atoms with Gasteiger partial charge in [-0.15, -0.1) is 0 Å². The van der Waals surface area contributed by atoms with Gasteiger partial charge < -0.3 is 14.7 Å². The van der Waals surface area contributed by atoms with Crippen LogP contribution in [0.15, 0.2) is 24.3 Å². The van der Waals surface area contributed by atoms with Crippen molar-refractivity contribution in [2.75, 3.05) is 24.6 Å². The van der Waals surface area contributed by atoms with E-state index in [9.17, 15) is 4.79 Å². The summed E-state index contributed by atoms with van der Waals surface area (Å²) in [5.74, 6) is -0.366. The third-order valence-corrected chi connectivity index (χ3v) is 2.80. The average molecular weight is 235 g/mol. The van der Waals surface area contributed by atoms with Crippen LogP contribution in [0.4, 0.5) is 5.69 Å². The fraction of sp³-hybridized carbons (Fsp3) is 0.462. The third kappa shape index (κ3) is 2.90. The first kappa shape index (κ1) is 11.8. The van der Waals surface area contributed by atoms with Gasteiger partial charge in [-0.05, 0) is 29.7 Å². The van der Waals surface area contributed by atoms with E-state index < -0.39 is 5.97 Å². The molecule has 2 rings (SSSR count). The molecule has 1 aliphatic rings. The number of anilines is 1. The Kier molecular flexibility index (Phi) is 2.96. The topological polar surface area (TPSA) is 49.8 Å². The van der Waals surface area contributed by atoms with E-state index in [0.29, 0.717) is 11.2 Å². The largest absolute Gasteiger partial charge is 0.482 e. The lowest BCUT2D eigenvalue weighted by molar-refractivity contribution is -0.139. The predicted octanol–water partition coefficient (Wildman–Crippen LogP) is 2.00. The molecule has 0 spiro atoms. The molecule has 1 aromatic carbocycles. The van der Waals surface area contributed by atoms with Crippen LogP contribution >= 0.6 is 0 Å². The first-order chi connectivity index (χ1) is 7.96. The van der Waals surface area contributed by atoms with Gasteiger partial charge in [0, 0.05) is 18.8 Å². The van der Waals surface area contributed by atoms with Gasteiger partial charge in [0.05, 0.1) is 0 Å². The standard InChI is InChI=1S/C13H17NO3/c1-13(2)8-14(9-13)10-3-5-11(6-4-10)17-7-12(15)16/h3-6H,7-9H2,1-2H3,(H,15,16). The van der Waals surface area contributed by atoms with E-state index in [2.05, 4.69) is 18.7 Å². The molecule has 1 aromatic rings. The van der Waals surface area contributed by atoms with Crippen molar-refractivity contribution in [1.82, 2.24) is 0 Å². The number of rotatable bonds is 4. The summed E-state index contributed by atoms with van der Waals surface area (Å²) < 4.78 is 5.08. The Balaban J connectivity index is 1.92. The lowest BCUT2D eigenvalue weighted by Gasteiger charge is -2.47. The fourth-order valence-electron chi connectivity index (χ4n) is 2.07. The zero-order valence-electron chi connectivity index (χ0n) is 10.1. The summed E-state index contributed by atoms with van der Waals surface area (Å²) >= 11 is 0. The lowest BCUT2D eigenvalue weighted by Crippen LogP contribution is -2.53. The van der Waals surface area contributed by atoms with Crippen molar-refractivity contribution in [3.63, 3.8) is 0 Å². The molecule has 1 aliphatic heterocycles. The van der Waals surface area contributed by atoms with E-state index in [-0.39, 0.29) is 6.61 Å². The molecule has 0 radical (unpaired) electrons. The normalized spacial score (nSPS) is 17.4. The maximum absolute atomic E-state index is 10.3. The van der Waals surface area contributed by atoms with Gasteiger partial charge in [-0.1, -0.05) is 13.8 Å². The van der Waals surface area contributed by atoms with E-state index >= 15 is 0 Å². The quantitative estimate of drug-likeness (QED) is 0.867. The number of carbonyl (C=O) groups is 1. The molecule has 0 aliphatic carbocycles. The van der Waals surface area contributed by atoms with Crippen molar-refractivity contribution < 1.29 is 14.6 Å². The summed E-state index contributed by atoms with van der Waals surface area (Å²) in [6.45, 7) is 6.31. The third-order valence-electron chi connectivity index (χ3n) is 2.80. The van der Waals surface area contributed by atoms with Crippen LogP contribution in [-0.4, -0.2) is 30.8 Å². The number of aliphatic carboxylic acids is 1. The monoisotopic (exact) mass is 235 g/mol.